The highest BCUT2D eigenvalue weighted by Gasteiger charge is 2.08. The molecule has 0 fully saturated rings. The minimum Gasteiger partial charge on any atom is -0.390 e. The van der Waals surface area contributed by atoms with Crippen LogP contribution >= 0.6 is 11.6 Å². The van der Waals surface area contributed by atoms with Crippen LogP contribution in [-0.4, -0.2) is 38.3 Å². The molecule has 0 aliphatic carbocycles. The smallest absolute Gasteiger partial charge is 0.229 e. The van der Waals surface area contributed by atoms with Crippen molar-refractivity contribution in [2.24, 2.45) is 0 Å². The number of nitrogens with one attached hydrogen (secondary N) is 2. The summed E-state index contributed by atoms with van der Waals surface area (Å²) in [6.07, 6.45) is 0.193. The summed E-state index contributed by atoms with van der Waals surface area (Å²) in [5.74, 6) is -0.522. The largest absolute Gasteiger partial charge is 0.390 e. The first-order chi connectivity index (χ1) is 8.31. The molecule has 8 heteroatoms. The van der Waals surface area contributed by atoms with Gasteiger partial charge in [0.05, 0.1) is 29.6 Å². The van der Waals surface area contributed by atoms with Gasteiger partial charge in [0.2, 0.25) is 10.0 Å². The summed E-state index contributed by atoms with van der Waals surface area (Å²) in [6.45, 7) is 0.0722. The number of aliphatic hydroxyl groups excluding tert-OH is 1. The molecule has 0 aliphatic heterocycles. The molecular formula is C10H14ClFN2O3S. The highest BCUT2D eigenvalue weighted by atomic mass is 35.5. The molecule has 18 heavy (non-hydrogen) atoms. The third kappa shape index (κ3) is 5.07. The van der Waals surface area contributed by atoms with Gasteiger partial charge in [0, 0.05) is 6.54 Å². The number of alkyl halides is 1. The van der Waals surface area contributed by atoms with Crippen LogP contribution in [-0.2, 0) is 10.0 Å². The van der Waals surface area contributed by atoms with E-state index in [1.165, 1.54) is 12.1 Å². The number of aliphatic hydroxyl groups is 1. The summed E-state index contributed by atoms with van der Waals surface area (Å²) in [6, 6.07) is 3.74. The average Bonchev–Trinajstić information content (AvgIpc) is 2.27. The van der Waals surface area contributed by atoms with Crippen LogP contribution in [0.1, 0.15) is 0 Å². The van der Waals surface area contributed by atoms with E-state index >= 15 is 0 Å². The zero-order valence-electron chi connectivity index (χ0n) is 9.65. The third-order valence-electron chi connectivity index (χ3n) is 1.98. The molecule has 1 aromatic rings. The van der Waals surface area contributed by atoms with Crippen molar-refractivity contribution in [3.63, 3.8) is 0 Å². The van der Waals surface area contributed by atoms with Crippen LogP contribution in [0, 0.1) is 5.82 Å². The van der Waals surface area contributed by atoms with Crippen LogP contribution < -0.4 is 10.0 Å². The molecule has 0 aliphatic rings. The standard InChI is InChI=1S/C10H14ClFN2O3S/c1-18(16,17)14-7-2-3-9(12)10(4-7)13-6-8(15)5-11/h2-4,8,13-15H,5-6H2,1H3. The predicted octanol–water partition coefficient (Wildman–Crippen LogP) is 1.21. The van der Waals surface area contributed by atoms with Gasteiger partial charge >= 0.3 is 0 Å². The van der Waals surface area contributed by atoms with Gasteiger partial charge in [-0.1, -0.05) is 0 Å². The Kier molecular flexibility index (Phi) is 5.18. The Labute approximate surface area is 110 Å². The second-order valence-electron chi connectivity index (χ2n) is 3.76. The molecule has 0 saturated carbocycles. The van der Waals surface area contributed by atoms with Crippen LogP contribution in [0.15, 0.2) is 18.2 Å². The van der Waals surface area contributed by atoms with Crippen molar-refractivity contribution in [1.82, 2.24) is 0 Å². The van der Waals surface area contributed by atoms with E-state index in [2.05, 4.69) is 10.0 Å². The monoisotopic (exact) mass is 296 g/mol. The predicted molar refractivity (Wildman–Crippen MR) is 70.1 cm³/mol. The van der Waals surface area contributed by atoms with Gasteiger partial charge in [-0.2, -0.15) is 0 Å². The molecule has 0 heterocycles. The highest BCUT2D eigenvalue weighted by Crippen LogP contribution is 2.20. The van der Waals surface area contributed by atoms with Gasteiger partial charge in [0.15, 0.2) is 0 Å². The molecule has 1 atom stereocenters. The van der Waals surface area contributed by atoms with Gasteiger partial charge in [-0.25, -0.2) is 12.8 Å². The minimum absolute atomic E-state index is 0.0237. The van der Waals surface area contributed by atoms with Crippen LogP contribution in [0.4, 0.5) is 15.8 Å². The van der Waals surface area contributed by atoms with E-state index in [9.17, 15) is 17.9 Å². The lowest BCUT2D eigenvalue weighted by atomic mass is 10.2. The molecule has 0 spiro atoms. The van der Waals surface area contributed by atoms with Gasteiger partial charge in [-0.05, 0) is 18.2 Å². The van der Waals surface area contributed by atoms with E-state index in [1.54, 1.807) is 0 Å². The fourth-order valence-electron chi connectivity index (χ4n) is 1.22. The number of anilines is 2. The number of rotatable bonds is 6. The molecule has 3 N–H and O–H groups in total. The van der Waals surface area contributed by atoms with Crippen LogP contribution in [0.2, 0.25) is 0 Å². The first-order valence-corrected chi connectivity index (χ1v) is 7.49. The summed E-state index contributed by atoms with van der Waals surface area (Å²) >= 11 is 5.40. The topological polar surface area (TPSA) is 78.4 Å². The molecule has 5 nitrogen and oxygen atoms in total. The zero-order chi connectivity index (χ0) is 13.8. The van der Waals surface area contributed by atoms with Gasteiger partial charge in [-0.3, -0.25) is 4.72 Å². The maximum atomic E-state index is 13.4. The van der Waals surface area contributed by atoms with E-state index in [0.29, 0.717) is 0 Å². The normalized spacial score (nSPS) is 13.1. The van der Waals surface area contributed by atoms with Gasteiger partial charge in [-0.15, -0.1) is 11.6 Å². The van der Waals surface area contributed by atoms with Crippen molar-refractivity contribution >= 4 is 33.0 Å². The summed E-state index contributed by atoms with van der Waals surface area (Å²) in [5.41, 5.74) is 0.328. The Hall–Kier alpha value is -1.05. The number of hydrogen-bond donors (Lipinski definition) is 3. The van der Waals surface area contributed by atoms with E-state index in [4.69, 9.17) is 11.6 Å². The summed E-state index contributed by atoms with van der Waals surface area (Å²) in [4.78, 5) is 0. The Balaban J connectivity index is 2.81. The lowest BCUT2D eigenvalue weighted by molar-refractivity contribution is 0.211. The van der Waals surface area contributed by atoms with Crippen molar-refractivity contribution in [2.75, 3.05) is 28.7 Å². The first-order valence-electron chi connectivity index (χ1n) is 5.07. The average molecular weight is 297 g/mol. The van der Waals surface area contributed by atoms with Crippen molar-refractivity contribution < 1.29 is 17.9 Å². The second kappa shape index (κ2) is 6.21. The third-order valence-corrected chi connectivity index (χ3v) is 2.94. The summed E-state index contributed by atoms with van der Waals surface area (Å²) in [7, 11) is -3.41. The lowest BCUT2D eigenvalue weighted by Gasteiger charge is -2.12. The molecule has 0 bridgehead atoms. The number of halogens is 2. The van der Waals surface area contributed by atoms with Gasteiger partial charge < -0.3 is 10.4 Å². The molecule has 0 saturated heterocycles. The lowest BCUT2D eigenvalue weighted by Crippen LogP contribution is -2.21. The van der Waals surface area contributed by atoms with Gasteiger partial charge in [0.1, 0.15) is 5.82 Å². The Bertz CT molecular complexity index is 510. The minimum atomic E-state index is -3.41. The molecule has 1 unspecified atom stereocenters. The zero-order valence-corrected chi connectivity index (χ0v) is 11.2. The van der Waals surface area contributed by atoms with Crippen LogP contribution in [0.3, 0.4) is 0 Å². The summed E-state index contributed by atoms with van der Waals surface area (Å²) in [5, 5.41) is 11.9. The second-order valence-corrected chi connectivity index (χ2v) is 5.81. The maximum Gasteiger partial charge on any atom is 0.229 e. The fourth-order valence-corrected chi connectivity index (χ4v) is 1.88. The van der Waals surface area contributed by atoms with Crippen molar-refractivity contribution in [3.05, 3.63) is 24.0 Å². The van der Waals surface area contributed by atoms with Crippen molar-refractivity contribution in [1.29, 1.82) is 0 Å². The van der Waals surface area contributed by atoms with Gasteiger partial charge in [0.25, 0.3) is 0 Å². The SMILES string of the molecule is CS(=O)(=O)Nc1ccc(F)c(NCC(O)CCl)c1. The fraction of sp³-hybridized carbons (Fsp3) is 0.400. The Morgan fingerprint density at radius 2 is 2.17 bits per heavy atom. The van der Waals surface area contributed by atoms with Crippen molar-refractivity contribution in [3.8, 4) is 0 Å². The number of sulfonamides is 1. The maximum absolute atomic E-state index is 13.4. The quantitative estimate of drug-likeness (QED) is 0.690. The number of benzene rings is 1. The van der Waals surface area contributed by atoms with E-state index in [0.717, 1.165) is 12.3 Å². The first kappa shape index (κ1) is 15.0. The van der Waals surface area contributed by atoms with Crippen molar-refractivity contribution in [2.45, 2.75) is 6.10 Å². The van der Waals surface area contributed by atoms with E-state index < -0.39 is 21.9 Å². The molecule has 1 rings (SSSR count). The molecular weight excluding hydrogens is 283 g/mol. The number of hydrogen-bond acceptors (Lipinski definition) is 4. The highest BCUT2D eigenvalue weighted by molar-refractivity contribution is 7.92. The molecule has 0 aromatic heterocycles. The van der Waals surface area contributed by atoms with E-state index in [-0.39, 0.29) is 23.8 Å². The molecule has 1 aromatic carbocycles. The Morgan fingerprint density at radius 3 is 2.72 bits per heavy atom. The van der Waals surface area contributed by atoms with Crippen LogP contribution in [0.5, 0.6) is 0 Å². The molecule has 0 radical (unpaired) electrons. The molecule has 0 amide bonds. The van der Waals surface area contributed by atoms with Crippen LogP contribution in [0.25, 0.3) is 0 Å². The Morgan fingerprint density at radius 1 is 1.50 bits per heavy atom. The van der Waals surface area contributed by atoms with E-state index in [1.807, 2.05) is 0 Å². The summed E-state index contributed by atoms with van der Waals surface area (Å²) < 4.78 is 37.7. The molecule has 102 valence electrons.